The van der Waals surface area contributed by atoms with Crippen LogP contribution in [0.3, 0.4) is 0 Å². The number of nitrogens with zero attached hydrogens (tertiary/aromatic N) is 2. The van der Waals surface area contributed by atoms with Crippen LogP contribution in [-0.4, -0.2) is 143 Å². The molecule has 3 aliphatic heterocycles. The van der Waals surface area contributed by atoms with Gasteiger partial charge in [0.2, 0.25) is 17.7 Å². The molecule has 302 valence electrons. The van der Waals surface area contributed by atoms with E-state index in [4.69, 9.17) is 28.4 Å². The van der Waals surface area contributed by atoms with Gasteiger partial charge in [-0.25, -0.2) is 0 Å². The summed E-state index contributed by atoms with van der Waals surface area (Å²) in [6, 6.07) is 10.3. The summed E-state index contributed by atoms with van der Waals surface area (Å²) in [6.07, 6.45) is 2.40. The number of nitrogens with one attached hydrogen (secondary N) is 2. The van der Waals surface area contributed by atoms with Gasteiger partial charge in [-0.1, -0.05) is 24.6 Å². The quantitative estimate of drug-likeness (QED) is 0.104. The van der Waals surface area contributed by atoms with Gasteiger partial charge in [0.1, 0.15) is 6.04 Å². The zero-order chi connectivity index (χ0) is 39.7. The molecule has 7 amide bonds. The van der Waals surface area contributed by atoms with Gasteiger partial charge in [-0.15, -0.1) is 0 Å². The molecule has 2 aromatic rings. The number of unbranched alkanes of at least 4 members (excludes halogenated alkanes) is 2. The maximum absolute atomic E-state index is 13.2. The van der Waals surface area contributed by atoms with Crippen molar-refractivity contribution >= 4 is 47.0 Å². The van der Waals surface area contributed by atoms with E-state index < -0.39 is 29.7 Å². The Balaban J connectivity index is 0.776. The lowest BCUT2D eigenvalue weighted by molar-refractivity contribution is -0.136. The predicted octanol–water partition coefficient (Wildman–Crippen LogP) is 1.98. The summed E-state index contributed by atoms with van der Waals surface area (Å²) in [5.41, 5.74) is 1.21. The van der Waals surface area contributed by atoms with Crippen LogP contribution in [0.2, 0.25) is 0 Å². The van der Waals surface area contributed by atoms with Crippen LogP contribution in [0.4, 0.5) is 5.69 Å². The van der Waals surface area contributed by atoms with Crippen molar-refractivity contribution in [3.05, 3.63) is 64.7 Å². The largest absolute Gasteiger partial charge is 0.379 e. The lowest BCUT2D eigenvalue weighted by Gasteiger charge is -2.27. The molecular weight excluding hydrogens is 732 g/mol. The number of rotatable bonds is 26. The van der Waals surface area contributed by atoms with Crippen molar-refractivity contribution in [1.82, 2.24) is 15.1 Å². The van der Waals surface area contributed by atoms with E-state index in [1.807, 2.05) is 0 Å². The van der Waals surface area contributed by atoms with Crippen molar-refractivity contribution in [3.8, 4) is 0 Å². The number of carbonyl (C=O) groups excluding carboxylic acids is 7. The third-order valence-corrected chi connectivity index (χ3v) is 9.13. The number of imide groups is 3. The average molecular weight is 781 g/mol. The SMILES string of the molecule is O=C1CCC(N2C(=O)c3cccc(NC(=O)CCCCCOCCOCCOCCOCCOCCOCCN4C(=O)c5ccccc5C4=O)c3C2=O)C(=O)N1. The molecule has 1 saturated heterocycles. The standard InChI is InChI=1S/C39H48N4O13/c44-32(40-30-10-6-9-29-34(30)39(50)43(38(29)49)31-12-13-33(45)41-35(31)46)11-2-1-5-15-51-17-19-53-21-23-55-25-26-56-24-22-54-20-18-52-16-14-42-36(47)27-7-3-4-8-28(27)37(42)48/h3-4,6-10,31H,1-2,5,11-26H2,(H,40,44)(H,41,45,46). The number of hydrogen-bond acceptors (Lipinski definition) is 13. The van der Waals surface area contributed by atoms with Gasteiger partial charge in [0.25, 0.3) is 23.6 Å². The molecule has 2 N–H and O–H groups in total. The van der Waals surface area contributed by atoms with Crippen LogP contribution >= 0.6 is 0 Å². The Labute approximate surface area is 324 Å². The van der Waals surface area contributed by atoms with Gasteiger partial charge in [-0.3, -0.25) is 48.7 Å². The minimum absolute atomic E-state index is 0.0234. The van der Waals surface area contributed by atoms with Gasteiger partial charge in [0.05, 0.1) is 107 Å². The van der Waals surface area contributed by atoms with Crippen LogP contribution in [0.1, 0.15) is 80.0 Å². The summed E-state index contributed by atoms with van der Waals surface area (Å²) in [5, 5.41) is 4.89. The Morgan fingerprint density at radius 2 is 1.14 bits per heavy atom. The molecule has 0 bridgehead atoms. The maximum atomic E-state index is 13.2. The number of amides is 7. The van der Waals surface area contributed by atoms with Gasteiger partial charge in [0, 0.05) is 19.4 Å². The number of ether oxygens (including phenoxy) is 6. The molecule has 17 nitrogen and oxygen atoms in total. The van der Waals surface area contributed by atoms with E-state index >= 15 is 0 Å². The van der Waals surface area contributed by atoms with Crippen LogP contribution in [-0.2, 0) is 42.8 Å². The second-order valence-electron chi connectivity index (χ2n) is 13.0. The zero-order valence-corrected chi connectivity index (χ0v) is 31.3. The third kappa shape index (κ3) is 11.6. The topological polar surface area (TPSA) is 205 Å². The van der Waals surface area contributed by atoms with Crippen LogP contribution < -0.4 is 10.6 Å². The number of hydrogen-bond donors (Lipinski definition) is 2. The Bertz CT molecular complexity index is 1700. The molecule has 56 heavy (non-hydrogen) atoms. The van der Waals surface area contributed by atoms with Crippen molar-refractivity contribution < 1.29 is 62.0 Å². The van der Waals surface area contributed by atoms with Gasteiger partial charge in [0.15, 0.2) is 0 Å². The predicted molar refractivity (Wildman–Crippen MR) is 197 cm³/mol. The second kappa shape index (κ2) is 22.0. The van der Waals surface area contributed by atoms with Gasteiger partial charge >= 0.3 is 0 Å². The smallest absolute Gasteiger partial charge is 0.264 e. The molecule has 0 saturated carbocycles. The van der Waals surface area contributed by atoms with Gasteiger partial charge < -0.3 is 33.7 Å². The molecule has 3 heterocycles. The Kier molecular flexibility index (Phi) is 16.6. The van der Waals surface area contributed by atoms with Crippen LogP contribution in [0.15, 0.2) is 42.5 Å². The number of fused-ring (bicyclic) bond motifs is 2. The van der Waals surface area contributed by atoms with E-state index in [2.05, 4.69) is 10.6 Å². The summed E-state index contributed by atoms with van der Waals surface area (Å²) in [5.74, 6) is -3.34. The number of piperidine rings is 1. The Morgan fingerprint density at radius 3 is 1.71 bits per heavy atom. The molecule has 1 fully saturated rings. The van der Waals surface area contributed by atoms with Crippen molar-refractivity contribution in [2.75, 3.05) is 91.1 Å². The second-order valence-corrected chi connectivity index (χ2v) is 13.0. The third-order valence-electron chi connectivity index (χ3n) is 9.13. The Hall–Kier alpha value is -4.91. The van der Waals surface area contributed by atoms with Crippen LogP contribution in [0.5, 0.6) is 0 Å². The number of carbonyl (C=O) groups is 7. The highest BCUT2D eigenvalue weighted by Gasteiger charge is 2.45. The van der Waals surface area contributed by atoms with Crippen molar-refractivity contribution in [2.24, 2.45) is 0 Å². The van der Waals surface area contributed by atoms with E-state index in [9.17, 15) is 33.6 Å². The summed E-state index contributed by atoms with van der Waals surface area (Å²) in [6.45, 7) is 5.02. The molecule has 0 aliphatic carbocycles. The van der Waals surface area contributed by atoms with Crippen molar-refractivity contribution in [2.45, 2.75) is 44.6 Å². The first kappa shape index (κ1) is 42.2. The minimum atomic E-state index is -1.08. The molecule has 0 spiro atoms. The number of anilines is 1. The monoisotopic (exact) mass is 780 g/mol. The molecule has 1 unspecified atom stereocenters. The fourth-order valence-corrected chi connectivity index (χ4v) is 6.30. The van der Waals surface area contributed by atoms with E-state index in [1.165, 1.54) is 11.0 Å². The first-order chi connectivity index (χ1) is 27.3. The normalized spacial score (nSPS) is 16.5. The minimum Gasteiger partial charge on any atom is -0.379 e. The molecule has 2 aromatic carbocycles. The van der Waals surface area contributed by atoms with E-state index in [0.29, 0.717) is 90.2 Å². The molecule has 3 aliphatic rings. The highest BCUT2D eigenvalue weighted by Crippen LogP contribution is 2.32. The molecule has 5 rings (SSSR count). The van der Waals surface area contributed by atoms with Crippen molar-refractivity contribution in [1.29, 1.82) is 0 Å². The molecule has 1 atom stereocenters. The molecule has 0 aromatic heterocycles. The van der Waals surface area contributed by atoms with E-state index in [0.717, 1.165) is 17.7 Å². The summed E-state index contributed by atoms with van der Waals surface area (Å²) in [4.78, 5) is 89.4. The summed E-state index contributed by atoms with van der Waals surface area (Å²) < 4.78 is 33.0. The lowest BCUT2D eigenvalue weighted by Crippen LogP contribution is -2.54. The van der Waals surface area contributed by atoms with Gasteiger partial charge in [-0.2, -0.15) is 0 Å². The van der Waals surface area contributed by atoms with Crippen LogP contribution in [0.25, 0.3) is 0 Å². The summed E-state index contributed by atoms with van der Waals surface area (Å²) in [7, 11) is 0. The Morgan fingerprint density at radius 1 is 0.607 bits per heavy atom. The molecule has 0 radical (unpaired) electrons. The fourth-order valence-electron chi connectivity index (χ4n) is 6.30. The summed E-state index contributed by atoms with van der Waals surface area (Å²) >= 11 is 0. The first-order valence-corrected chi connectivity index (χ1v) is 18.8. The van der Waals surface area contributed by atoms with Crippen LogP contribution in [0, 0.1) is 0 Å². The fraction of sp³-hybridized carbons (Fsp3) is 0.513. The van der Waals surface area contributed by atoms with Gasteiger partial charge in [-0.05, 0) is 43.5 Å². The highest BCUT2D eigenvalue weighted by atomic mass is 16.6. The first-order valence-electron chi connectivity index (χ1n) is 18.8. The lowest BCUT2D eigenvalue weighted by atomic mass is 10.0. The van der Waals surface area contributed by atoms with E-state index in [1.54, 1.807) is 36.4 Å². The highest BCUT2D eigenvalue weighted by molar-refractivity contribution is 6.26. The number of benzene rings is 2. The zero-order valence-electron chi connectivity index (χ0n) is 31.3. The molecule has 17 heteroatoms. The van der Waals surface area contributed by atoms with Crippen molar-refractivity contribution in [3.63, 3.8) is 0 Å². The maximum Gasteiger partial charge on any atom is 0.264 e. The average Bonchev–Trinajstić information content (AvgIpc) is 3.59. The van der Waals surface area contributed by atoms with E-state index in [-0.39, 0.29) is 66.9 Å². The molecular formula is C39H48N4O13.